The van der Waals surface area contributed by atoms with Crippen LogP contribution in [-0.2, 0) is 15.0 Å². The fourth-order valence-electron chi connectivity index (χ4n) is 2.50. The molecule has 2 N–H and O–H groups in total. The van der Waals surface area contributed by atoms with E-state index in [1.165, 1.54) is 0 Å². The van der Waals surface area contributed by atoms with Gasteiger partial charge in [0.1, 0.15) is 0 Å². The maximum Gasteiger partial charge on any atom is 0.230 e. The molecule has 0 radical (unpaired) electrons. The molecule has 0 aromatic heterocycles. The van der Waals surface area contributed by atoms with E-state index in [1.807, 2.05) is 38.1 Å². The van der Waals surface area contributed by atoms with E-state index in [2.05, 4.69) is 10.6 Å². The van der Waals surface area contributed by atoms with Crippen LogP contribution in [-0.4, -0.2) is 18.4 Å². The first kappa shape index (κ1) is 15.5. The number of carbonyl (C=O) groups excluding carboxylic acids is 2. The van der Waals surface area contributed by atoms with Crippen molar-refractivity contribution in [2.75, 3.05) is 11.9 Å². The second-order valence-electron chi connectivity index (χ2n) is 5.71. The Morgan fingerprint density at radius 2 is 1.76 bits per heavy atom. The van der Waals surface area contributed by atoms with Crippen molar-refractivity contribution in [3.05, 3.63) is 29.8 Å². The molecule has 4 heteroatoms. The van der Waals surface area contributed by atoms with Crippen LogP contribution in [0.1, 0.15) is 51.5 Å². The maximum atomic E-state index is 12.3. The van der Waals surface area contributed by atoms with E-state index in [0.29, 0.717) is 6.42 Å². The van der Waals surface area contributed by atoms with Gasteiger partial charge in [-0.05, 0) is 43.4 Å². The summed E-state index contributed by atoms with van der Waals surface area (Å²) in [6.07, 6.45) is 4.13. The van der Waals surface area contributed by atoms with Gasteiger partial charge in [0, 0.05) is 18.7 Å². The summed E-state index contributed by atoms with van der Waals surface area (Å²) in [7, 11) is 0. The second kappa shape index (κ2) is 6.74. The predicted octanol–water partition coefficient (Wildman–Crippen LogP) is 2.98. The van der Waals surface area contributed by atoms with E-state index < -0.39 is 0 Å². The lowest BCUT2D eigenvalue weighted by Gasteiger charge is -2.16. The van der Waals surface area contributed by atoms with Crippen LogP contribution < -0.4 is 10.6 Å². The molecule has 114 valence electrons. The SMILES string of the molecule is CCCNC(=O)C1(c2ccc(NC(=O)CCC)cc2)CC1. The van der Waals surface area contributed by atoms with Gasteiger partial charge in [0.25, 0.3) is 0 Å². The quantitative estimate of drug-likeness (QED) is 0.810. The summed E-state index contributed by atoms with van der Waals surface area (Å²) < 4.78 is 0. The predicted molar refractivity (Wildman–Crippen MR) is 84.2 cm³/mol. The molecule has 0 heterocycles. The topological polar surface area (TPSA) is 58.2 Å². The van der Waals surface area contributed by atoms with Crippen molar-refractivity contribution in [3.8, 4) is 0 Å². The normalized spacial score (nSPS) is 15.3. The van der Waals surface area contributed by atoms with Gasteiger partial charge in [-0.3, -0.25) is 9.59 Å². The van der Waals surface area contributed by atoms with E-state index in [0.717, 1.165) is 43.5 Å². The lowest BCUT2D eigenvalue weighted by atomic mass is 9.94. The zero-order valence-electron chi connectivity index (χ0n) is 12.9. The van der Waals surface area contributed by atoms with Crippen molar-refractivity contribution >= 4 is 17.5 Å². The first-order valence-corrected chi connectivity index (χ1v) is 7.81. The molecule has 0 saturated heterocycles. The van der Waals surface area contributed by atoms with Crippen molar-refractivity contribution in [2.45, 2.75) is 51.4 Å². The molecular weight excluding hydrogens is 264 g/mol. The van der Waals surface area contributed by atoms with Crippen molar-refractivity contribution in [2.24, 2.45) is 0 Å². The Morgan fingerprint density at radius 1 is 1.10 bits per heavy atom. The van der Waals surface area contributed by atoms with E-state index in [1.54, 1.807) is 0 Å². The van der Waals surface area contributed by atoms with Gasteiger partial charge in [-0.2, -0.15) is 0 Å². The van der Waals surface area contributed by atoms with Gasteiger partial charge in [-0.15, -0.1) is 0 Å². The molecule has 2 rings (SSSR count). The van der Waals surface area contributed by atoms with Crippen LogP contribution in [0.4, 0.5) is 5.69 Å². The average molecular weight is 288 g/mol. The molecule has 1 saturated carbocycles. The first-order chi connectivity index (χ1) is 10.1. The first-order valence-electron chi connectivity index (χ1n) is 7.81. The molecule has 0 aliphatic heterocycles. The Labute approximate surface area is 126 Å². The minimum Gasteiger partial charge on any atom is -0.355 e. The fourth-order valence-corrected chi connectivity index (χ4v) is 2.50. The van der Waals surface area contributed by atoms with E-state index >= 15 is 0 Å². The van der Waals surface area contributed by atoms with Crippen LogP contribution in [0, 0.1) is 0 Å². The Hall–Kier alpha value is -1.84. The molecule has 4 nitrogen and oxygen atoms in total. The van der Waals surface area contributed by atoms with E-state index in [9.17, 15) is 9.59 Å². The van der Waals surface area contributed by atoms with Crippen LogP contribution in [0.3, 0.4) is 0 Å². The van der Waals surface area contributed by atoms with Crippen LogP contribution in [0.2, 0.25) is 0 Å². The highest BCUT2D eigenvalue weighted by atomic mass is 16.2. The molecule has 1 aromatic carbocycles. The number of hydrogen-bond donors (Lipinski definition) is 2. The lowest BCUT2D eigenvalue weighted by molar-refractivity contribution is -0.123. The molecule has 0 atom stereocenters. The lowest BCUT2D eigenvalue weighted by Crippen LogP contribution is -2.35. The Balaban J connectivity index is 2.02. The third-order valence-corrected chi connectivity index (χ3v) is 3.92. The largest absolute Gasteiger partial charge is 0.355 e. The Kier molecular flexibility index (Phi) is 4.99. The summed E-state index contributed by atoms with van der Waals surface area (Å²) in [4.78, 5) is 23.8. The van der Waals surface area contributed by atoms with Gasteiger partial charge >= 0.3 is 0 Å². The number of hydrogen-bond acceptors (Lipinski definition) is 2. The van der Waals surface area contributed by atoms with E-state index in [-0.39, 0.29) is 17.2 Å². The smallest absolute Gasteiger partial charge is 0.230 e. The monoisotopic (exact) mass is 288 g/mol. The van der Waals surface area contributed by atoms with Crippen LogP contribution in [0.15, 0.2) is 24.3 Å². The van der Waals surface area contributed by atoms with Crippen molar-refractivity contribution in [3.63, 3.8) is 0 Å². The number of benzene rings is 1. The summed E-state index contributed by atoms with van der Waals surface area (Å²) >= 11 is 0. The summed E-state index contributed by atoms with van der Waals surface area (Å²) in [5.74, 6) is 0.166. The molecule has 21 heavy (non-hydrogen) atoms. The number of rotatable bonds is 7. The minimum absolute atomic E-state index is 0.0343. The molecule has 1 fully saturated rings. The highest BCUT2D eigenvalue weighted by Crippen LogP contribution is 2.48. The number of anilines is 1. The van der Waals surface area contributed by atoms with Crippen LogP contribution >= 0.6 is 0 Å². The molecule has 0 spiro atoms. The number of nitrogens with one attached hydrogen (secondary N) is 2. The molecule has 0 bridgehead atoms. The van der Waals surface area contributed by atoms with Gasteiger partial charge in [-0.1, -0.05) is 26.0 Å². The highest BCUT2D eigenvalue weighted by molar-refractivity contribution is 5.92. The second-order valence-corrected chi connectivity index (χ2v) is 5.71. The van der Waals surface area contributed by atoms with Gasteiger partial charge < -0.3 is 10.6 Å². The summed E-state index contributed by atoms with van der Waals surface area (Å²) in [6.45, 7) is 4.76. The summed E-state index contributed by atoms with van der Waals surface area (Å²) in [5.41, 5.74) is 1.51. The molecule has 1 aliphatic rings. The minimum atomic E-state index is -0.332. The fraction of sp³-hybridized carbons (Fsp3) is 0.529. The highest BCUT2D eigenvalue weighted by Gasteiger charge is 2.50. The molecule has 1 aromatic rings. The molecule has 2 amide bonds. The maximum absolute atomic E-state index is 12.3. The molecule has 1 aliphatic carbocycles. The summed E-state index contributed by atoms with van der Waals surface area (Å²) in [5, 5.41) is 5.85. The Morgan fingerprint density at radius 3 is 2.29 bits per heavy atom. The third kappa shape index (κ3) is 3.63. The van der Waals surface area contributed by atoms with Gasteiger partial charge in [0.05, 0.1) is 5.41 Å². The average Bonchev–Trinajstić information content (AvgIpc) is 3.27. The van der Waals surface area contributed by atoms with Crippen LogP contribution in [0.25, 0.3) is 0 Å². The zero-order valence-corrected chi connectivity index (χ0v) is 12.9. The number of amides is 2. The van der Waals surface area contributed by atoms with Crippen LogP contribution in [0.5, 0.6) is 0 Å². The van der Waals surface area contributed by atoms with Crippen molar-refractivity contribution < 1.29 is 9.59 Å². The third-order valence-electron chi connectivity index (χ3n) is 3.92. The summed E-state index contributed by atoms with van der Waals surface area (Å²) in [6, 6.07) is 7.69. The van der Waals surface area contributed by atoms with Gasteiger partial charge in [0.15, 0.2) is 0 Å². The zero-order chi connectivity index (χ0) is 15.3. The Bertz CT molecular complexity index is 504. The van der Waals surface area contributed by atoms with Crippen molar-refractivity contribution in [1.82, 2.24) is 5.32 Å². The molecular formula is C17H24N2O2. The number of carbonyl (C=O) groups is 2. The van der Waals surface area contributed by atoms with Crippen molar-refractivity contribution in [1.29, 1.82) is 0 Å². The standard InChI is InChI=1S/C17H24N2O2/c1-3-5-15(20)19-14-8-6-13(7-9-14)17(10-11-17)16(21)18-12-4-2/h6-9H,3-5,10-12H2,1-2H3,(H,18,21)(H,19,20). The molecule has 0 unspecified atom stereocenters. The van der Waals surface area contributed by atoms with Gasteiger partial charge in [0.2, 0.25) is 11.8 Å². The van der Waals surface area contributed by atoms with Gasteiger partial charge in [-0.25, -0.2) is 0 Å². The van der Waals surface area contributed by atoms with E-state index in [4.69, 9.17) is 0 Å².